The third-order valence-corrected chi connectivity index (χ3v) is 4.97. The molecule has 2 aromatic heterocycles. The molecule has 1 atom stereocenters. The Morgan fingerprint density at radius 3 is 2.58 bits per heavy atom. The number of esters is 1. The summed E-state index contributed by atoms with van der Waals surface area (Å²) in [6.45, 7) is 3.92. The molecule has 0 aliphatic heterocycles. The topological polar surface area (TPSA) is 111 Å². The molecule has 0 aliphatic carbocycles. The van der Waals surface area contributed by atoms with Crippen LogP contribution in [0.5, 0.6) is 0 Å². The van der Waals surface area contributed by atoms with Crippen LogP contribution >= 0.6 is 11.3 Å². The molecule has 0 spiro atoms. The van der Waals surface area contributed by atoms with Crippen molar-refractivity contribution < 1.29 is 23.1 Å². The lowest BCUT2D eigenvalue weighted by atomic mass is 10.2. The van der Waals surface area contributed by atoms with E-state index in [1.807, 2.05) is 6.92 Å². The van der Waals surface area contributed by atoms with E-state index in [0.717, 1.165) is 29.9 Å². The van der Waals surface area contributed by atoms with Gasteiger partial charge in [0.15, 0.2) is 10.8 Å². The fraction of sp³-hybridized carbons (Fsp3) is 0.316. The number of ether oxygens (including phenoxy) is 1. The highest BCUT2D eigenvalue weighted by Crippen LogP contribution is 2.30. The van der Waals surface area contributed by atoms with Gasteiger partial charge in [0, 0.05) is 12.3 Å². The zero-order valence-corrected chi connectivity index (χ0v) is 17.6. The molecule has 2 N–H and O–H groups in total. The van der Waals surface area contributed by atoms with E-state index in [1.54, 1.807) is 13.1 Å². The number of anilines is 2. The summed E-state index contributed by atoms with van der Waals surface area (Å²) in [5.41, 5.74) is -0.312. The molecule has 0 aliphatic rings. The number of carbonyl (C=O) groups excluding carboxylic acids is 2. The molecule has 12 heteroatoms. The van der Waals surface area contributed by atoms with Gasteiger partial charge in [-0.3, -0.25) is 15.3 Å². The highest BCUT2D eigenvalue weighted by atomic mass is 32.1. The van der Waals surface area contributed by atoms with E-state index >= 15 is 0 Å². The molecule has 2 heterocycles. The zero-order valence-electron chi connectivity index (χ0n) is 16.8. The van der Waals surface area contributed by atoms with Crippen molar-refractivity contribution in [3.63, 3.8) is 0 Å². The van der Waals surface area contributed by atoms with Crippen LogP contribution in [0, 0.1) is 11.6 Å². The molecule has 0 bridgehead atoms. The van der Waals surface area contributed by atoms with Crippen LogP contribution in [0.25, 0.3) is 10.6 Å². The fourth-order valence-corrected chi connectivity index (χ4v) is 3.56. The maximum Gasteiger partial charge on any atom is 0.330 e. The summed E-state index contributed by atoms with van der Waals surface area (Å²) < 4.78 is 34.3. The number of urea groups is 1. The highest BCUT2D eigenvalue weighted by Gasteiger charge is 2.22. The summed E-state index contributed by atoms with van der Waals surface area (Å²) in [4.78, 5) is 24.4. The number of hydrogen-bond acceptors (Lipinski definition) is 7. The molecule has 0 radical (unpaired) electrons. The Balaban J connectivity index is 1.66. The SMILES string of the molecule is CCCC(C(=O)OCC)n1ccc(NC(=O)Nc2nnc(-c3c(F)cccc3F)s2)n1. The van der Waals surface area contributed by atoms with E-state index in [9.17, 15) is 18.4 Å². The van der Waals surface area contributed by atoms with Crippen LogP contribution in [0.2, 0.25) is 0 Å². The number of nitrogens with one attached hydrogen (secondary N) is 2. The Kier molecular flexibility index (Phi) is 7.23. The second-order valence-electron chi connectivity index (χ2n) is 6.33. The predicted octanol–water partition coefficient (Wildman–Crippen LogP) is 4.23. The number of nitrogens with zero attached hydrogens (tertiary/aromatic N) is 4. The molecule has 0 fully saturated rings. The first-order chi connectivity index (χ1) is 14.9. The predicted molar refractivity (Wildman–Crippen MR) is 111 cm³/mol. The fourth-order valence-electron chi connectivity index (χ4n) is 2.77. The molecule has 9 nitrogen and oxygen atoms in total. The summed E-state index contributed by atoms with van der Waals surface area (Å²) >= 11 is 0.818. The number of benzene rings is 1. The molecule has 0 saturated heterocycles. The summed E-state index contributed by atoms with van der Waals surface area (Å²) in [6, 6.07) is 3.72. The standard InChI is InChI=1S/C19H20F2N6O3S/c1-3-6-13(17(28)30-4-2)27-10-9-14(26-27)22-18(29)23-19-25-24-16(31-19)15-11(20)7-5-8-12(15)21/h5,7-10,13H,3-4,6H2,1-2H3,(H2,22,23,25,26,29). The first-order valence-corrected chi connectivity index (χ1v) is 10.3. The van der Waals surface area contributed by atoms with E-state index < -0.39 is 29.7 Å². The Labute approximate surface area is 180 Å². The third-order valence-electron chi connectivity index (χ3n) is 4.11. The lowest BCUT2D eigenvalue weighted by Gasteiger charge is -2.15. The average Bonchev–Trinajstić information content (AvgIpc) is 3.36. The first kappa shape index (κ1) is 22.3. The molecular formula is C19H20F2N6O3S. The highest BCUT2D eigenvalue weighted by molar-refractivity contribution is 7.18. The second kappa shape index (κ2) is 10.1. The van der Waals surface area contributed by atoms with Gasteiger partial charge in [0.2, 0.25) is 5.13 Å². The second-order valence-corrected chi connectivity index (χ2v) is 7.30. The number of amides is 2. The van der Waals surface area contributed by atoms with E-state index in [-0.39, 0.29) is 28.1 Å². The molecule has 0 saturated carbocycles. The Hall–Kier alpha value is -3.41. The van der Waals surface area contributed by atoms with Gasteiger partial charge in [0.05, 0.1) is 12.2 Å². The van der Waals surface area contributed by atoms with Crippen LogP contribution in [0.3, 0.4) is 0 Å². The molecule has 3 aromatic rings. The largest absolute Gasteiger partial charge is 0.464 e. The van der Waals surface area contributed by atoms with Gasteiger partial charge < -0.3 is 4.74 Å². The molecule has 1 aromatic carbocycles. The maximum atomic E-state index is 13.9. The molecule has 31 heavy (non-hydrogen) atoms. The Bertz CT molecular complexity index is 1050. The molecule has 2 amide bonds. The van der Waals surface area contributed by atoms with E-state index in [1.165, 1.54) is 16.8 Å². The van der Waals surface area contributed by atoms with Gasteiger partial charge in [0.1, 0.15) is 17.7 Å². The zero-order chi connectivity index (χ0) is 22.4. The van der Waals surface area contributed by atoms with E-state index in [4.69, 9.17) is 4.74 Å². The molecule has 3 rings (SSSR count). The molecule has 1 unspecified atom stereocenters. The van der Waals surface area contributed by atoms with Crippen molar-refractivity contribution in [2.45, 2.75) is 32.7 Å². The molecule has 164 valence electrons. The van der Waals surface area contributed by atoms with E-state index in [0.29, 0.717) is 6.42 Å². The minimum absolute atomic E-state index is 0.00739. The number of rotatable bonds is 8. The van der Waals surface area contributed by atoms with Crippen LogP contribution in [0.1, 0.15) is 32.7 Å². The summed E-state index contributed by atoms with van der Waals surface area (Å²) in [5, 5.41) is 16.6. The van der Waals surface area contributed by atoms with Crippen molar-refractivity contribution in [2.75, 3.05) is 17.2 Å². The van der Waals surface area contributed by atoms with Crippen LogP contribution in [-0.4, -0.2) is 38.6 Å². The van der Waals surface area contributed by atoms with Gasteiger partial charge >= 0.3 is 12.0 Å². The van der Waals surface area contributed by atoms with Crippen LogP contribution in [0.4, 0.5) is 24.5 Å². The normalized spacial score (nSPS) is 11.7. The van der Waals surface area contributed by atoms with Crippen molar-refractivity contribution in [1.82, 2.24) is 20.0 Å². The van der Waals surface area contributed by atoms with Gasteiger partial charge in [-0.05, 0) is 25.5 Å². The Morgan fingerprint density at radius 2 is 1.90 bits per heavy atom. The number of carbonyl (C=O) groups is 2. The van der Waals surface area contributed by atoms with Crippen LogP contribution < -0.4 is 10.6 Å². The number of halogens is 2. The van der Waals surface area contributed by atoms with Crippen molar-refractivity contribution in [1.29, 1.82) is 0 Å². The van der Waals surface area contributed by atoms with Crippen LogP contribution in [0.15, 0.2) is 30.5 Å². The molecular weight excluding hydrogens is 430 g/mol. The quantitative estimate of drug-likeness (QED) is 0.497. The van der Waals surface area contributed by atoms with Gasteiger partial charge in [-0.1, -0.05) is 30.7 Å². The third kappa shape index (κ3) is 5.40. The minimum Gasteiger partial charge on any atom is -0.464 e. The monoisotopic (exact) mass is 450 g/mol. The van der Waals surface area contributed by atoms with Crippen molar-refractivity contribution in [3.05, 3.63) is 42.1 Å². The van der Waals surface area contributed by atoms with Gasteiger partial charge in [-0.15, -0.1) is 10.2 Å². The van der Waals surface area contributed by atoms with Gasteiger partial charge in [0.25, 0.3) is 0 Å². The van der Waals surface area contributed by atoms with Crippen molar-refractivity contribution in [3.8, 4) is 10.6 Å². The van der Waals surface area contributed by atoms with Crippen molar-refractivity contribution in [2.24, 2.45) is 0 Å². The van der Waals surface area contributed by atoms with Crippen LogP contribution in [-0.2, 0) is 9.53 Å². The van der Waals surface area contributed by atoms with Crippen molar-refractivity contribution >= 4 is 34.3 Å². The maximum absolute atomic E-state index is 13.9. The Morgan fingerprint density at radius 1 is 1.16 bits per heavy atom. The summed E-state index contributed by atoms with van der Waals surface area (Å²) in [5.74, 6) is -1.75. The van der Waals surface area contributed by atoms with Gasteiger partial charge in [-0.25, -0.2) is 18.4 Å². The lowest BCUT2D eigenvalue weighted by Crippen LogP contribution is -2.23. The summed E-state index contributed by atoms with van der Waals surface area (Å²) in [6.07, 6.45) is 2.84. The van der Waals surface area contributed by atoms with Gasteiger partial charge in [-0.2, -0.15) is 5.10 Å². The smallest absolute Gasteiger partial charge is 0.330 e. The van der Waals surface area contributed by atoms with E-state index in [2.05, 4.69) is 25.9 Å². The minimum atomic E-state index is -0.777. The first-order valence-electron chi connectivity index (χ1n) is 9.50. The number of aromatic nitrogens is 4. The average molecular weight is 450 g/mol. The lowest BCUT2D eigenvalue weighted by molar-refractivity contribution is -0.147. The number of hydrogen-bond donors (Lipinski definition) is 2. The summed E-state index contributed by atoms with van der Waals surface area (Å²) in [7, 11) is 0.